The molecule has 4 rings (SSSR count). The second-order valence-corrected chi connectivity index (χ2v) is 5.56. The van der Waals surface area contributed by atoms with E-state index >= 15 is 0 Å². The van der Waals surface area contributed by atoms with Gasteiger partial charge in [-0.1, -0.05) is 48.0 Å². The predicted molar refractivity (Wildman–Crippen MR) is 89.0 cm³/mol. The van der Waals surface area contributed by atoms with Gasteiger partial charge in [-0.2, -0.15) is 4.98 Å². The van der Waals surface area contributed by atoms with Crippen molar-refractivity contribution >= 4 is 21.9 Å². The Morgan fingerprint density at radius 1 is 1.05 bits per heavy atom. The van der Waals surface area contributed by atoms with Crippen LogP contribution < -0.4 is 5.69 Å². The van der Waals surface area contributed by atoms with Gasteiger partial charge >= 0.3 is 5.69 Å². The van der Waals surface area contributed by atoms with Crippen molar-refractivity contribution in [3.63, 3.8) is 0 Å². The van der Waals surface area contributed by atoms with Crippen molar-refractivity contribution in [2.75, 3.05) is 0 Å². The van der Waals surface area contributed by atoms with Gasteiger partial charge in [0.15, 0.2) is 0 Å². The van der Waals surface area contributed by atoms with Crippen LogP contribution in [0.15, 0.2) is 53.3 Å². The highest BCUT2D eigenvalue weighted by atomic mass is 16.1. The number of rotatable bonds is 1. The second kappa shape index (κ2) is 4.56. The third kappa shape index (κ3) is 1.77. The molecule has 0 fully saturated rings. The fourth-order valence-corrected chi connectivity index (χ4v) is 2.99. The molecule has 4 heteroatoms. The van der Waals surface area contributed by atoms with E-state index in [9.17, 15) is 4.79 Å². The Bertz CT molecular complexity index is 1060. The van der Waals surface area contributed by atoms with E-state index < -0.39 is 0 Å². The van der Waals surface area contributed by atoms with Crippen LogP contribution in [0.2, 0.25) is 0 Å². The van der Waals surface area contributed by atoms with Crippen LogP contribution in [0.4, 0.5) is 0 Å². The number of benzene rings is 2. The molecular formula is C18H15N3O. The van der Waals surface area contributed by atoms with E-state index in [0.29, 0.717) is 5.65 Å². The van der Waals surface area contributed by atoms with Crippen LogP contribution >= 0.6 is 0 Å². The molecule has 0 saturated carbocycles. The van der Waals surface area contributed by atoms with Crippen LogP contribution in [0.5, 0.6) is 0 Å². The molecule has 4 nitrogen and oxygen atoms in total. The molecule has 0 atom stereocenters. The smallest absolute Gasteiger partial charge is 0.328 e. The predicted octanol–water partition coefficient (Wildman–Crippen LogP) is 3.39. The Balaban J connectivity index is 2.20. The maximum absolute atomic E-state index is 12.0. The van der Waals surface area contributed by atoms with Gasteiger partial charge in [-0.15, -0.1) is 0 Å². The van der Waals surface area contributed by atoms with Crippen molar-refractivity contribution in [1.29, 1.82) is 0 Å². The first-order valence-electron chi connectivity index (χ1n) is 7.19. The highest BCUT2D eigenvalue weighted by Crippen LogP contribution is 2.32. The number of nitrogens with one attached hydrogen (secondary N) is 1. The molecule has 0 saturated heterocycles. The van der Waals surface area contributed by atoms with Gasteiger partial charge in [0.05, 0.1) is 16.6 Å². The summed E-state index contributed by atoms with van der Waals surface area (Å²) in [6.45, 7) is 2.05. The van der Waals surface area contributed by atoms with Gasteiger partial charge in [0.2, 0.25) is 0 Å². The normalized spacial score (nSPS) is 11.4. The van der Waals surface area contributed by atoms with E-state index in [4.69, 9.17) is 0 Å². The summed E-state index contributed by atoms with van der Waals surface area (Å²) in [5, 5.41) is 2.08. The summed E-state index contributed by atoms with van der Waals surface area (Å²) in [7, 11) is 1.94. The minimum atomic E-state index is -0.325. The average molecular weight is 289 g/mol. The van der Waals surface area contributed by atoms with E-state index in [2.05, 4.69) is 16.0 Å². The summed E-state index contributed by atoms with van der Waals surface area (Å²) in [5.41, 5.74) is 4.46. The number of fused-ring (bicyclic) bond motifs is 3. The fraction of sp³-hybridized carbons (Fsp3) is 0.111. The summed E-state index contributed by atoms with van der Waals surface area (Å²) in [5.74, 6) is 0. The largest absolute Gasteiger partial charge is 0.347 e. The number of hydrogen-bond donors (Lipinski definition) is 1. The molecule has 0 amide bonds. The molecule has 0 unspecified atom stereocenters. The van der Waals surface area contributed by atoms with Crippen LogP contribution in [-0.2, 0) is 7.05 Å². The van der Waals surface area contributed by atoms with Gasteiger partial charge in [-0.25, -0.2) is 4.79 Å². The molecule has 0 aliphatic carbocycles. The summed E-state index contributed by atoms with van der Waals surface area (Å²) >= 11 is 0. The highest BCUT2D eigenvalue weighted by Gasteiger charge is 2.15. The average Bonchev–Trinajstić information content (AvgIpc) is 2.81. The van der Waals surface area contributed by atoms with Gasteiger partial charge in [0, 0.05) is 12.4 Å². The Morgan fingerprint density at radius 3 is 2.55 bits per heavy atom. The van der Waals surface area contributed by atoms with E-state index in [-0.39, 0.29) is 5.69 Å². The summed E-state index contributed by atoms with van der Waals surface area (Å²) in [6, 6.07) is 16.3. The first kappa shape index (κ1) is 12.8. The molecule has 0 spiro atoms. The van der Waals surface area contributed by atoms with E-state index in [1.807, 2.05) is 61.0 Å². The van der Waals surface area contributed by atoms with Crippen molar-refractivity contribution < 1.29 is 0 Å². The van der Waals surface area contributed by atoms with Gasteiger partial charge in [-0.05, 0) is 18.6 Å². The number of aromatic amines is 1. The number of H-pyrrole nitrogens is 1. The molecular weight excluding hydrogens is 274 g/mol. The van der Waals surface area contributed by atoms with Crippen LogP contribution in [0.25, 0.3) is 33.2 Å². The molecule has 0 aliphatic rings. The molecule has 0 radical (unpaired) electrons. The van der Waals surface area contributed by atoms with Crippen molar-refractivity contribution in [3.8, 4) is 11.3 Å². The Labute approximate surface area is 127 Å². The minimum absolute atomic E-state index is 0.325. The third-order valence-electron chi connectivity index (χ3n) is 4.11. The van der Waals surface area contributed by atoms with Crippen molar-refractivity contribution in [3.05, 3.63) is 64.6 Å². The van der Waals surface area contributed by atoms with Gasteiger partial charge < -0.3 is 9.55 Å². The Hall–Kier alpha value is -2.88. The number of aromatic nitrogens is 3. The topological polar surface area (TPSA) is 50.7 Å². The van der Waals surface area contributed by atoms with Gasteiger partial charge in [0.25, 0.3) is 0 Å². The third-order valence-corrected chi connectivity index (χ3v) is 4.11. The van der Waals surface area contributed by atoms with Crippen LogP contribution in [-0.4, -0.2) is 14.5 Å². The lowest BCUT2D eigenvalue weighted by molar-refractivity contribution is 0.969. The zero-order chi connectivity index (χ0) is 15.3. The summed E-state index contributed by atoms with van der Waals surface area (Å²) in [6.07, 6.45) is 0. The quantitative estimate of drug-likeness (QED) is 0.584. The molecule has 22 heavy (non-hydrogen) atoms. The first-order chi connectivity index (χ1) is 10.6. The van der Waals surface area contributed by atoms with Crippen molar-refractivity contribution in [2.45, 2.75) is 6.92 Å². The number of hydrogen-bond acceptors (Lipinski definition) is 2. The number of para-hydroxylation sites is 1. The fourth-order valence-electron chi connectivity index (χ4n) is 2.99. The second-order valence-electron chi connectivity index (χ2n) is 5.56. The lowest BCUT2D eigenvalue weighted by Gasteiger charge is -2.04. The molecule has 2 heterocycles. The number of nitrogens with zero attached hydrogens (tertiary/aromatic N) is 2. The van der Waals surface area contributed by atoms with Crippen molar-refractivity contribution in [1.82, 2.24) is 14.5 Å². The van der Waals surface area contributed by atoms with Crippen LogP contribution in [0.3, 0.4) is 0 Å². The van der Waals surface area contributed by atoms with Crippen LogP contribution in [0, 0.1) is 6.92 Å². The van der Waals surface area contributed by atoms with E-state index in [1.165, 1.54) is 5.56 Å². The highest BCUT2D eigenvalue weighted by molar-refractivity contribution is 6.12. The van der Waals surface area contributed by atoms with E-state index in [1.54, 1.807) is 0 Å². The lowest BCUT2D eigenvalue weighted by atomic mass is 10.1. The molecule has 2 aromatic carbocycles. The maximum Gasteiger partial charge on any atom is 0.347 e. The number of aryl methyl sites for hydroxylation is 2. The van der Waals surface area contributed by atoms with Gasteiger partial charge in [0.1, 0.15) is 5.65 Å². The van der Waals surface area contributed by atoms with Gasteiger partial charge in [-0.3, -0.25) is 0 Å². The minimum Gasteiger partial charge on any atom is -0.328 e. The molecule has 2 aromatic heterocycles. The summed E-state index contributed by atoms with van der Waals surface area (Å²) in [4.78, 5) is 19.1. The van der Waals surface area contributed by atoms with E-state index in [0.717, 1.165) is 27.5 Å². The SMILES string of the molecule is Cc1ccc(-c2[nH]c(=O)nc3c2c2ccccc2n3C)cc1. The monoisotopic (exact) mass is 289 g/mol. The lowest BCUT2D eigenvalue weighted by Crippen LogP contribution is -2.12. The Morgan fingerprint density at radius 2 is 1.77 bits per heavy atom. The summed E-state index contributed by atoms with van der Waals surface area (Å²) < 4.78 is 1.97. The molecule has 0 aliphatic heterocycles. The molecule has 0 bridgehead atoms. The molecule has 1 N–H and O–H groups in total. The Kier molecular flexibility index (Phi) is 2.66. The molecule has 108 valence electrons. The standard InChI is InChI=1S/C18H15N3O/c1-11-7-9-12(10-8-11)16-15-13-5-3-4-6-14(13)21(2)17(15)20-18(22)19-16/h3-10H,1-2H3,(H,19,20,22). The first-order valence-corrected chi connectivity index (χ1v) is 7.19. The van der Waals surface area contributed by atoms with Crippen LogP contribution in [0.1, 0.15) is 5.56 Å². The molecule has 4 aromatic rings. The zero-order valence-electron chi connectivity index (χ0n) is 12.4. The van der Waals surface area contributed by atoms with Crippen molar-refractivity contribution in [2.24, 2.45) is 7.05 Å². The maximum atomic E-state index is 12.0. The zero-order valence-corrected chi connectivity index (χ0v) is 12.4.